The molecule has 4 rings (SSSR count). The molecule has 150 valence electrons. The van der Waals surface area contributed by atoms with Crippen LogP contribution in [0.5, 0.6) is 5.75 Å². The van der Waals surface area contributed by atoms with Gasteiger partial charge in [0.1, 0.15) is 29.2 Å². The number of hydrogen-bond donors (Lipinski definition) is 3. The Morgan fingerprint density at radius 2 is 2.17 bits per heavy atom. The first-order chi connectivity index (χ1) is 14.1. The van der Waals surface area contributed by atoms with Gasteiger partial charge in [0.05, 0.1) is 13.3 Å². The summed E-state index contributed by atoms with van der Waals surface area (Å²) in [5.74, 6) is 1.07. The number of nitrogens with one attached hydrogen (secondary N) is 3. The van der Waals surface area contributed by atoms with Crippen LogP contribution in [0.4, 0.5) is 21.7 Å². The molecule has 1 fully saturated rings. The summed E-state index contributed by atoms with van der Waals surface area (Å²) in [7, 11) is 3.25. The van der Waals surface area contributed by atoms with Crippen molar-refractivity contribution in [3.8, 4) is 16.9 Å². The van der Waals surface area contributed by atoms with Crippen LogP contribution in [0.3, 0.4) is 0 Å². The minimum Gasteiger partial charge on any atom is -0.497 e. The Bertz CT molecular complexity index is 1020. The summed E-state index contributed by atoms with van der Waals surface area (Å²) < 4.78 is 18.8. The third kappa shape index (κ3) is 3.71. The van der Waals surface area contributed by atoms with Gasteiger partial charge in [0.25, 0.3) is 5.91 Å². The van der Waals surface area contributed by atoms with E-state index in [0.717, 1.165) is 11.1 Å². The van der Waals surface area contributed by atoms with Crippen LogP contribution >= 0.6 is 0 Å². The maximum absolute atomic E-state index is 13.7. The number of aromatic amines is 1. The molecular weight excluding hydrogens is 375 g/mol. The van der Waals surface area contributed by atoms with E-state index in [9.17, 15) is 9.18 Å². The number of H-pyrrole nitrogens is 1. The van der Waals surface area contributed by atoms with Crippen LogP contribution in [0.25, 0.3) is 11.1 Å². The highest BCUT2D eigenvalue weighted by Gasteiger charge is 2.33. The smallest absolute Gasteiger partial charge is 0.250 e. The summed E-state index contributed by atoms with van der Waals surface area (Å²) in [6.45, 7) is 0.518. The lowest BCUT2D eigenvalue weighted by atomic mass is 10.1. The number of carbonyl (C=O) groups excluding carboxylic acids is 1. The van der Waals surface area contributed by atoms with E-state index in [1.165, 1.54) is 19.2 Å². The molecule has 1 saturated heterocycles. The molecule has 1 amide bonds. The zero-order chi connectivity index (χ0) is 20.4. The molecule has 3 heterocycles. The highest BCUT2D eigenvalue weighted by atomic mass is 19.1. The summed E-state index contributed by atoms with van der Waals surface area (Å²) >= 11 is 0. The van der Waals surface area contributed by atoms with E-state index in [1.54, 1.807) is 30.4 Å². The Kier molecular flexibility index (Phi) is 5.03. The van der Waals surface area contributed by atoms with E-state index in [2.05, 4.69) is 25.8 Å². The first kappa shape index (κ1) is 18.7. The van der Waals surface area contributed by atoms with Crippen molar-refractivity contribution in [3.63, 3.8) is 0 Å². The van der Waals surface area contributed by atoms with Gasteiger partial charge >= 0.3 is 0 Å². The molecule has 2 aromatic heterocycles. The van der Waals surface area contributed by atoms with Gasteiger partial charge < -0.3 is 15.4 Å². The van der Waals surface area contributed by atoms with Gasteiger partial charge in [-0.3, -0.25) is 14.8 Å². The van der Waals surface area contributed by atoms with Gasteiger partial charge in [-0.15, -0.1) is 0 Å². The second kappa shape index (κ2) is 7.78. The van der Waals surface area contributed by atoms with Crippen molar-refractivity contribution in [2.75, 3.05) is 36.2 Å². The quantitative estimate of drug-likeness (QED) is 0.593. The fraction of sp³-hybridized carbons (Fsp3) is 0.250. The largest absolute Gasteiger partial charge is 0.497 e. The number of pyridine rings is 1. The fourth-order valence-corrected chi connectivity index (χ4v) is 3.43. The summed E-state index contributed by atoms with van der Waals surface area (Å²) in [5, 5.41) is 12.9. The number of nitrogens with zero attached hydrogens (tertiary/aromatic N) is 3. The second-order valence-corrected chi connectivity index (χ2v) is 6.66. The van der Waals surface area contributed by atoms with E-state index in [-0.39, 0.29) is 5.91 Å². The fourth-order valence-electron chi connectivity index (χ4n) is 3.43. The topological polar surface area (TPSA) is 95.2 Å². The summed E-state index contributed by atoms with van der Waals surface area (Å²) in [6.07, 6.45) is 4.08. The number of anilines is 3. The average molecular weight is 396 g/mol. The minimum absolute atomic E-state index is 0.112. The Morgan fingerprint density at radius 1 is 1.31 bits per heavy atom. The highest BCUT2D eigenvalue weighted by molar-refractivity contribution is 6.00. The molecule has 3 aromatic rings. The maximum atomic E-state index is 13.7. The first-order valence-corrected chi connectivity index (χ1v) is 9.19. The molecule has 1 atom stereocenters. The number of carbonyl (C=O) groups is 1. The number of aromatic nitrogens is 3. The van der Waals surface area contributed by atoms with Crippen LogP contribution in [0.2, 0.25) is 0 Å². The first-order valence-electron chi connectivity index (χ1n) is 9.19. The summed E-state index contributed by atoms with van der Waals surface area (Å²) in [4.78, 5) is 19.2. The van der Waals surface area contributed by atoms with Crippen molar-refractivity contribution in [1.29, 1.82) is 0 Å². The third-order valence-corrected chi connectivity index (χ3v) is 4.86. The number of rotatable bonds is 6. The molecule has 0 spiro atoms. The predicted molar refractivity (Wildman–Crippen MR) is 109 cm³/mol. The molecule has 8 nitrogen and oxygen atoms in total. The lowest BCUT2D eigenvalue weighted by Crippen LogP contribution is -2.34. The van der Waals surface area contributed by atoms with Crippen LogP contribution in [0.1, 0.15) is 6.42 Å². The molecule has 0 radical (unpaired) electrons. The molecule has 9 heteroatoms. The van der Waals surface area contributed by atoms with E-state index >= 15 is 0 Å². The molecule has 3 N–H and O–H groups in total. The number of halogens is 1. The van der Waals surface area contributed by atoms with E-state index in [1.807, 2.05) is 12.1 Å². The molecule has 0 saturated carbocycles. The molecule has 0 bridgehead atoms. The number of benzene rings is 1. The van der Waals surface area contributed by atoms with Gasteiger partial charge in [-0.2, -0.15) is 5.10 Å². The van der Waals surface area contributed by atoms with Crippen molar-refractivity contribution < 1.29 is 13.9 Å². The van der Waals surface area contributed by atoms with E-state index in [0.29, 0.717) is 36.0 Å². The van der Waals surface area contributed by atoms with Crippen molar-refractivity contribution in [1.82, 2.24) is 15.2 Å². The Hall–Kier alpha value is -3.62. The number of ether oxygens (including phenoxy) is 1. The van der Waals surface area contributed by atoms with Crippen molar-refractivity contribution in [2.45, 2.75) is 12.5 Å². The van der Waals surface area contributed by atoms with Crippen LogP contribution in [-0.2, 0) is 4.79 Å². The SMILES string of the molecule is CNc1nc(N2CCC(Nc3cc(F)cc(OC)c3)C2=O)ccc1-c1cn[nH]c1. The van der Waals surface area contributed by atoms with Crippen LogP contribution in [-0.4, -0.2) is 47.8 Å². The van der Waals surface area contributed by atoms with Crippen molar-refractivity contribution in [3.05, 3.63) is 48.5 Å². The van der Waals surface area contributed by atoms with Gasteiger partial charge in [-0.05, 0) is 24.6 Å². The van der Waals surface area contributed by atoms with Gasteiger partial charge in [-0.1, -0.05) is 0 Å². The standard InChI is InChI=1S/C20H21FN6O2/c1-22-19-16(12-10-23-24-11-12)3-4-18(26-19)27-6-5-17(20(27)28)25-14-7-13(21)8-15(9-14)29-2/h3-4,7-11,17,25H,5-6H2,1-2H3,(H,22,26)(H,23,24). The second-order valence-electron chi connectivity index (χ2n) is 6.66. The van der Waals surface area contributed by atoms with Crippen molar-refractivity contribution >= 4 is 23.2 Å². The van der Waals surface area contributed by atoms with Crippen LogP contribution in [0, 0.1) is 5.82 Å². The van der Waals surface area contributed by atoms with E-state index in [4.69, 9.17) is 4.74 Å². The summed E-state index contributed by atoms with van der Waals surface area (Å²) in [5.41, 5.74) is 2.29. The Morgan fingerprint density at radius 3 is 2.90 bits per heavy atom. The third-order valence-electron chi connectivity index (χ3n) is 4.86. The zero-order valence-corrected chi connectivity index (χ0v) is 16.1. The molecule has 1 unspecified atom stereocenters. The lowest BCUT2D eigenvalue weighted by Gasteiger charge is -2.19. The van der Waals surface area contributed by atoms with Crippen molar-refractivity contribution in [2.24, 2.45) is 0 Å². The average Bonchev–Trinajstić information content (AvgIpc) is 3.38. The van der Waals surface area contributed by atoms with Gasteiger partial charge in [0, 0.05) is 48.7 Å². The number of amides is 1. The molecule has 29 heavy (non-hydrogen) atoms. The molecule has 1 aliphatic heterocycles. The zero-order valence-electron chi connectivity index (χ0n) is 16.1. The predicted octanol–water partition coefficient (Wildman–Crippen LogP) is 2.88. The Balaban J connectivity index is 1.54. The monoisotopic (exact) mass is 396 g/mol. The normalized spacial score (nSPS) is 16.2. The molecule has 0 aliphatic carbocycles. The lowest BCUT2D eigenvalue weighted by molar-refractivity contribution is -0.117. The molecular formula is C20H21FN6O2. The highest BCUT2D eigenvalue weighted by Crippen LogP contribution is 2.30. The number of hydrogen-bond acceptors (Lipinski definition) is 6. The minimum atomic E-state index is -0.463. The van der Waals surface area contributed by atoms with Gasteiger partial charge in [0.15, 0.2) is 0 Å². The Labute approximate surface area is 167 Å². The van der Waals surface area contributed by atoms with Crippen LogP contribution in [0.15, 0.2) is 42.7 Å². The maximum Gasteiger partial charge on any atom is 0.250 e. The van der Waals surface area contributed by atoms with E-state index < -0.39 is 11.9 Å². The van der Waals surface area contributed by atoms with Crippen LogP contribution < -0.4 is 20.3 Å². The molecule has 1 aromatic carbocycles. The summed E-state index contributed by atoms with van der Waals surface area (Å²) in [6, 6.07) is 7.55. The van der Waals surface area contributed by atoms with Gasteiger partial charge in [0.2, 0.25) is 0 Å². The van der Waals surface area contributed by atoms with Gasteiger partial charge in [-0.25, -0.2) is 9.37 Å². The number of methoxy groups -OCH3 is 1. The molecule has 1 aliphatic rings.